The first-order chi connectivity index (χ1) is 16.2. The lowest BCUT2D eigenvalue weighted by molar-refractivity contribution is 0.102. The third-order valence-corrected chi connectivity index (χ3v) is 6.06. The van der Waals surface area contributed by atoms with E-state index in [9.17, 15) is 4.79 Å². The van der Waals surface area contributed by atoms with Gasteiger partial charge in [-0.2, -0.15) is 5.10 Å². The third kappa shape index (κ3) is 5.05. The van der Waals surface area contributed by atoms with Crippen molar-refractivity contribution in [3.05, 3.63) is 119 Å². The summed E-state index contributed by atoms with van der Waals surface area (Å²) in [6, 6.07) is 27.8. The number of carbonyl (C=O) groups is 1. The topological polar surface area (TPSA) is 72.7 Å². The Morgan fingerprint density at radius 1 is 0.848 bits per heavy atom. The lowest BCUT2D eigenvalue weighted by atomic mass is 9.98. The molecular formula is C26H21N5OS. The molecule has 0 aliphatic rings. The Bertz CT molecular complexity index is 1350. The van der Waals surface area contributed by atoms with Crippen molar-refractivity contribution in [1.82, 2.24) is 20.0 Å². The van der Waals surface area contributed by atoms with Crippen LogP contribution in [-0.4, -0.2) is 25.9 Å². The van der Waals surface area contributed by atoms with Crippen molar-refractivity contribution < 1.29 is 4.79 Å². The molecule has 5 aromatic rings. The summed E-state index contributed by atoms with van der Waals surface area (Å²) < 4.78 is 1.88. The summed E-state index contributed by atoms with van der Waals surface area (Å²) >= 11 is 1.39. The molecule has 3 aromatic carbocycles. The van der Waals surface area contributed by atoms with Crippen molar-refractivity contribution in [3.63, 3.8) is 0 Å². The highest BCUT2D eigenvalue weighted by Gasteiger charge is 2.15. The van der Waals surface area contributed by atoms with Gasteiger partial charge in [-0.3, -0.25) is 14.8 Å². The van der Waals surface area contributed by atoms with Crippen molar-refractivity contribution in [2.75, 3.05) is 5.32 Å². The normalized spacial score (nSPS) is 10.8. The largest absolute Gasteiger partial charge is 0.296 e. The number of amides is 1. The molecule has 0 saturated carbocycles. The maximum Gasteiger partial charge on any atom is 0.258 e. The standard InChI is InChI=1S/C26H21N5OS/c32-25(28-26-30-29-24(33-26)17-19-7-2-1-3-8-19)23-10-5-4-9-22(23)21-13-11-20(12-14-21)18-31-16-6-15-27-31/h1-16H,17-18H2,(H,28,30,32). The second-order valence-corrected chi connectivity index (χ2v) is 8.63. The average molecular weight is 452 g/mol. The molecule has 2 heterocycles. The van der Waals surface area contributed by atoms with E-state index in [1.54, 1.807) is 6.20 Å². The predicted molar refractivity (Wildman–Crippen MR) is 130 cm³/mol. The van der Waals surface area contributed by atoms with Gasteiger partial charge in [-0.05, 0) is 34.4 Å². The molecule has 0 radical (unpaired) electrons. The van der Waals surface area contributed by atoms with Gasteiger partial charge in [0.1, 0.15) is 5.01 Å². The van der Waals surface area contributed by atoms with Crippen LogP contribution in [0, 0.1) is 0 Å². The SMILES string of the molecule is O=C(Nc1nnc(Cc2ccccc2)s1)c1ccccc1-c1ccc(Cn2cccn2)cc1. The molecule has 33 heavy (non-hydrogen) atoms. The minimum atomic E-state index is -0.200. The lowest BCUT2D eigenvalue weighted by Crippen LogP contribution is -2.13. The molecule has 6 nitrogen and oxygen atoms in total. The highest BCUT2D eigenvalue weighted by atomic mass is 32.1. The van der Waals surface area contributed by atoms with Gasteiger partial charge in [-0.25, -0.2) is 0 Å². The number of hydrogen-bond donors (Lipinski definition) is 1. The van der Waals surface area contributed by atoms with Crippen LogP contribution < -0.4 is 5.32 Å². The maximum atomic E-state index is 13.1. The van der Waals surface area contributed by atoms with Crippen molar-refractivity contribution in [1.29, 1.82) is 0 Å². The van der Waals surface area contributed by atoms with Gasteiger partial charge in [-0.15, -0.1) is 10.2 Å². The molecule has 1 amide bonds. The van der Waals surface area contributed by atoms with E-state index in [1.165, 1.54) is 11.3 Å². The number of aromatic nitrogens is 4. The average Bonchev–Trinajstić information content (AvgIpc) is 3.52. The molecule has 0 bridgehead atoms. The van der Waals surface area contributed by atoms with Crippen LogP contribution >= 0.6 is 11.3 Å². The molecule has 0 spiro atoms. The van der Waals surface area contributed by atoms with Gasteiger partial charge in [0.2, 0.25) is 5.13 Å². The predicted octanol–water partition coefficient (Wildman–Crippen LogP) is 5.29. The molecular weight excluding hydrogens is 430 g/mol. The zero-order valence-corrected chi connectivity index (χ0v) is 18.6. The molecule has 5 rings (SSSR count). The highest BCUT2D eigenvalue weighted by molar-refractivity contribution is 7.15. The second kappa shape index (κ2) is 9.58. The minimum absolute atomic E-state index is 0.200. The minimum Gasteiger partial charge on any atom is -0.296 e. The Balaban J connectivity index is 1.31. The molecule has 7 heteroatoms. The van der Waals surface area contributed by atoms with E-state index in [2.05, 4.69) is 44.9 Å². The summed E-state index contributed by atoms with van der Waals surface area (Å²) in [7, 11) is 0. The van der Waals surface area contributed by atoms with Crippen LogP contribution in [0.1, 0.15) is 26.5 Å². The Kier molecular flexibility index (Phi) is 6.04. The number of hydrogen-bond acceptors (Lipinski definition) is 5. The van der Waals surface area contributed by atoms with Gasteiger partial charge in [0.05, 0.1) is 6.54 Å². The lowest BCUT2D eigenvalue weighted by Gasteiger charge is -2.10. The van der Waals surface area contributed by atoms with E-state index in [-0.39, 0.29) is 5.91 Å². The molecule has 0 atom stereocenters. The van der Waals surface area contributed by atoms with Gasteiger partial charge < -0.3 is 0 Å². The molecule has 2 aromatic heterocycles. The molecule has 0 aliphatic carbocycles. The first-order valence-electron chi connectivity index (χ1n) is 10.6. The van der Waals surface area contributed by atoms with Gasteiger partial charge in [0, 0.05) is 24.4 Å². The van der Waals surface area contributed by atoms with Crippen LogP contribution in [-0.2, 0) is 13.0 Å². The van der Waals surface area contributed by atoms with Crippen molar-refractivity contribution in [2.45, 2.75) is 13.0 Å². The van der Waals surface area contributed by atoms with E-state index in [0.29, 0.717) is 23.7 Å². The van der Waals surface area contributed by atoms with Gasteiger partial charge >= 0.3 is 0 Å². The summed E-state index contributed by atoms with van der Waals surface area (Å²) in [6.45, 7) is 0.706. The monoisotopic (exact) mass is 451 g/mol. The second-order valence-electron chi connectivity index (χ2n) is 7.56. The first kappa shape index (κ1) is 20.8. The maximum absolute atomic E-state index is 13.1. The molecule has 0 unspecified atom stereocenters. The summed E-state index contributed by atoms with van der Waals surface area (Å²) in [4.78, 5) is 13.1. The number of rotatable bonds is 7. The van der Waals surface area contributed by atoms with E-state index in [4.69, 9.17) is 0 Å². The van der Waals surface area contributed by atoms with Crippen LogP contribution in [0.3, 0.4) is 0 Å². The van der Waals surface area contributed by atoms with E-state index in [0.717, 1.165) is 27.3 Å². The van der Waals surface area contributed by atoms with Crippen LogP contribution in [0.15, 0.2) is 97.3 Å². The summed E-state index contributed by atoms with van der Waals surface area (Å²) in [5.41, 5.74) is 4.75. The number of anilines is 1. The fourth-order valence-electron chi connectivity index (χ4n) is 3.61. The molecule has 0 fully saturated rings. The van der Waals surface area contributed by atoms with E-state index < -0.39 is 0 Å². The van der Waals surface area contributed by atoms with Crippen LogP contribution in [0.5, 0.6) is 0 Å². The Hall–Kier alpha value is -4.10. The third-order valence-electron chi connectivity index (χ3n) is 5.23. The molecule has 162 valence electrons. The number of benzene rings is 3. The Labute approximate surface area is 195 Å². The van der Waals surface area contributed by atoms with Crippen LogP contribution in [0.4, 0.5) is 5.13 Å². The Morgan fingerprint density at radius 3 is 2.42 bits per heavy atom. The number of carbonyl (C=O) groups excluding carboxylic acids is 1. The number of nitrogens with zero attached hydrogens (tertiary/aromatic N) is 4. The molecule has 0 aliphatic heterocycles. The van der Waals surface area contributed by atoms with Crippen molar-refractivity contribution >= 4 is 22.4 Å². The van der Waals surface area contributed by atoms with Gasteiger partial charge in [0.25, 0.3) is 5.91 Å². The fourth-order valence-corrected chi connectivity index (χ4v) is 4.38. The molecule has 0 saturated heterocycles. The van der Waals surface area contributed by atoms with Crippen molar-refractivity contribution in [3.8, 4) is 11.1 Å². The van der Waals surface area contributed by atoms with E-state index in [1.807, 2.05) is 71.5 Å². The Morgan fingerprint density at radius 2 is 1.64 bits per heavy atom. The zero-order valence-electron chi connectivity index (χ0n) is 17.8. The van der Waals surface area contributed by atoms with Crippen LogP contribution in [0.25, 0.3) is 11.1 Å². The van der Waals surface area contributed by atoms with E-state index >= 15 is 0 Å². The summed E-state index contributed by atoms with van der Waals surface area (Å²) in [5, 5.41) is 16.9. The summed E-state index contributed by atoms with van der Waals surface area (Å²) in [5.74, 6) is -0.200. The number of nitrogens with one attached hydrogen (secondary N) is 1. The highest BCUT2D eigenvalue weighted by Crippen LogP contribution is 2.26. The smallest absolute Gasteiger partial charge is 0.258 e. The van der Waals surface area contributed by atoms with Gasteiger partial charge in [0.15, 0.2) is 0 Å². The quantitative estimate of drug-likeness (QED) is 0.365. The zero-order chi connectivity index (χ0) is 22.5. The fraction of sp³-hybridized carbons (Fsp3) is 0.0769. The van der Waals surface area contributed by atoms with Crippen LogP contribution in [0.2, 0.25) is 0 Å². The first-order valence-corrected chi connectivity index (χ1v) is 11.4. The van der Waals surface area contributed by atoms with Gasteiger partial charge in [-0.1, -0.05) is 84.1 Å². The molecule has 1 N–H and O–H groups in total. The van der Waals surface area contributed by atoms with Crippen molar-refractivity contribution in [2.24, 2.45) is 0 Å². The summed E-state index contributed by atoms with van der Waals surface area (Å²) in [6.07, 6.45) is 4.40.